The van der Waals surface area contributed by atoms with Crippen molar-refractivity contribution >= 4 is 23.2 Å². The van der Waals surface area contributed by atoms with Crippen molar-refractivity contribution in [2.75, 3.05) is 7.05 Å². The van der Waals surface area contributed by atoms with Crippen LogP contribution in [0.3, 0.4) is 0 Å². The van der Waals surface area contributed by atoms with Crippen LogP contribution in [0, 0.1) is 28.5 Å². The van der Waals surface area contributed by atoms with E-state index in [1.54, 1.807) is 19.2 Å². The Labute approximate surface area is 154 Å². The van der Waals surface area contributed by atoms with Gasteiger partial charge in [0.1, 0.15) is 11.9 Å². The summed E-state index contributed by atoms with van der Waals surface area (Å²) in [4.78, 5) is 14.7. The molecule has 26 heavy (non-hydrogen) atoms. The minimum absolute atomic E-state index is 0.0153. The van der Waals surface area contributed by atoms with Crippen molar-refractivity contribution in [2.24, 2.45) is 5.92 Å². The van der Waals surface area contributed by atoms with E-state index in [-0.39, 0.29) is 17.4 Å². The number of rotatable bonds is 3. The summed E-state index contributed by atoms with van der Waals surface area (Å²) in [6.45, 7) is 0. The molecule has 1 aromatic carbocycles. The van der Waals surface area contributed by atoms with E-state index in [4.69, 9.17) is 10.7 Å². The fourth-order valence-electron chi connectivity index (χ4n) is 3.51. The molecule has 0 spiro atoms. The van der Waals surface area contributed by atoms with E-state index in [0.717, 1.165) is 28.8 Å². The van der Waals surface area contributed by atoms with Crippen molar-refractivity contribution in [1.82, 2.24) is 10.2 Å². The number of amides is 1. The predicted octanol–water partition coefficient (Wildman–Crippen LogP) is 3.42. The van der Waals surface area contributed by atoms with Crippen molar-refractivity contribution in [3.63, 3.8) is 0 Å². The van der Waals surface area contributed by atoms with Gasteiger partial charge in [0.15, 0.2) is 5.96 Å². The molecule has 1 saturated carbocycles. The van der Waals surface area contributed by atoms with Crippen LogP contribution in [0.25, 0.3) is 11.1 Å². The molecule has 7 heteroatoms. The Kier molecular flexibility index (Phi) is 3.81. The van der Waals surface area contributed by atoms with Crippen molar-refractivity contribution in [3.05, 3.63) is 45.9 Å². The van der Waals surface area contributed by atoms with Gasteiger partial charge in [-0.25, -0.2) is 4.39 Å². The minimum atomic E-state index is -0.540. The molecular weight excluding hydrogens is 351 g/mol. The number of thiophene rings is 1. The van der Waals surface area contributed by atoms with Gasteiger partial charge in [0.25, 0.3) is 0 Å². The average Bonchev–Trinajstić information content (AvgIpc) is 3.37. The SMILES string of the molecule is CN1C(=N)N[C@@](c2cc(-c3ccc(F)c(C#N)c3)cs2)(C2CC2)CC1=O. The first-order chi connectivity index (χ1) is 12.4. The van der Waals surface area contributed by atoms with Gasteiger partial charge in [0, 0.05) is 11.9 Å². The summed E-state index contributed by atoms with van der Waals surface area (Å²) in [6, 6.07) is 8.36. The quantitative estimate of drug-likeness (QED) is 0.871. The highest BCUT2D eigenvalue weighted by molar-refractivity contribution is 7.10. The molecule has 132 valence electrons. The zero-order valence-corrected chi connectivity index (χ0v) is 15.0. The standard InChI is InChI=1S/C19H17FN4OS/c1-24-17(25)8-19(14-3-4-14,23-18(24)22)16-7-13(10-26-16)11-2-5-15(20)12(6-11)9-21/h2,5-7,10,14H,3-4,8H2,1H3,(H2,22,23)/t19-/m1/s1. The van der Waals surface area contributed by atoms with Crippen LogP contribution in [-0.2, 0) is 10.3 Å². The van der Waals surface area contributed by atoms with Crippen LogP contribution < -0.4 is 5.32 Å². The van der Waals surface area contributed by atoms with E-state index < -0.39 is 11.4 Å². The lowest BCUT2D eigenvalue weighted by molar-refractivity contribution is -0.130. The summed E-state index contributed by atoms with van der Waals surface area (Å²) >= 11 is 1.53. The molecule has 1 aliphatic carbocycles. The average molecular weight is 368 g/mol. The second-order valence-corrected chi connectivity index (χ2v) is 7.77. The first kappa shape index (κ1) is 16.7. The Hall–Kier alpha value is -2.72. The fraction of sp³-hybridized carbons (Fsp3) is 0.316. The van der Waals surface area contributed by atoms with Gasteiger partial charge in [-0.3, -0.25) is 15.1 Å². The third-order valence-electron chi connectivity index (χ3n) is 5.21. The van der Waals surface area contributed by atoms with E-state index in [1.807, 2.05) is 17.5 Å². The molecule has 2 aliphatic rings. The highest BCUT2D eigenvalue weighted by Gasteiger charge is 2.52. The summed E-state index contributed by atoms with van der Waals surface area (Å²) < 4.78 is 13.6. The van der Waals surface area contributed by atoms with Gasteiger partial charge in [0.2, 0.25) is 5.91 Å². The van der Waals surface area contributed by atoms with Crippen LogP contribution >= 0.6 is 11.3 Å². The molecule has 2 aromatic rings. The van der Waals surface area contributed by atoms with Gasteiger partial charge < -0.3 is 5.32 Å². The molecule has 2 N–H and O–H groups in total. The molecule has 1 aromatic heterocycles. The molecule has 1 amide bonds. The number of nitriles is 1. The first-order valence-electron chi connectivity index (χ1n) is 8.37. The second kappa shape index (κ2) is 5.92. The molecule has 0 bridgehead atoms. The van der Waals surface area contributed by atoms with Crippen molar-refractivity contribution < 1.29 is 9.18 Å². The van der Waals surface area contributed by atoms with Crippen LogP contribution in [0.15, 0.2) is 29.6 Å². The highest BCUT2D eigenvalue weighted by atomic mass is 32.1. The predicted molar refractivity (Wildman–Crippen MR) is 97.1 cm³/mol. The van der Waals surface area contributed by atoms with Crippen molar-refractivity contribution in [3.8, 4) is 17.2 Å². The van der Waals surface area contributed by atoms with Gasteiger partial charge >= 0.3 is 0 Å². The zero-order chi connectivity index (χ0) is 18.5. The highest BCUT2D eigenvalue weighted by Crippen LogP contribution is 2.51. The van der Waals surface area contributed by atoms with Crippen LogP contribution in [0.1, 0.15) is 29.7 Å². The molecule has 5 nitrogen and oxygen atoms in total. The lowest BCUT2D eigenvalue weighted by Gasteiger charge is -2.41. The lowest BCUT2D eigenvalue weighted by Crippen LogP contribution is -2.60. The monoisotopic (exact) mass is 368 g/mol. The third-order valence-corrected chi connectivity index (χ3v) is 6.32. The maximum Gasteiger partial charge on any atom is 0.231 e. The van der Waals surface area contributed by atoms with E-state index in [1.165, 1.54) is 22.3 Å². The molecule has 2 fully saturated rings. The maximum atomic E-state index is 13.6. The van der Waals surface area contributed by atoms with Gasteiger partial charge in [0.05, 0.1) is 17.5 Å². The van der Waals surface area contributed by atoms with E-state index in [2.05, 4.69) is 5.32 Å². The number of hydrogen-bond acceptors (Lipinski definition) is 4. The van der Waals surface area contributed by atoms with Crippen LogP contribution in [0.5, 0.6) is 0 Å². The van der Waals surface area contributed by atoms with Crippen LogP contribution in [-0.4, -0.2) is 23.8 Å². The number of hydrogen-bond donors (Lipinski definition) is 2. The zero-order valence-electron chi connectivity index (χ0n) is 14.2. The smallest absolute Gasteiger partial charge is 0.231 e. The number of nitrogens with zero attached hydrogens (tertiary/aromatic N) is 2. The normalized spacial score (nSPS) is 22.9. The summed E-state index contributed by atoms with van der Waals surface area (Å²) in [7, 11) is 1.61. The summed E-state index contributed by atoms with van der Waals surface area (Å²) in [5.74, 6) is -0.145. The number of nitrogens with one attached hydrogen (secondary N) is 2. The number of carbonyl (C=O) groups excluding carboxylic acids is 1. The molecule has 4 rings (SSSR count). The molecule has 0 unspecified atom stereocenters. The van der Waals surface area contributed by atoms with E-state index in [9.17, 15) is 9.18 Å². The third kappa shape index (κ3) is 2.58. The lowest BCUT2D eigenvalue weighted by atomic mass is 9.85. The Morgan fingerprint density at radius 2 is 2.15 bits per heavy atom. The van der Waals surface area contributed by atoms with Crippen molar-refractivity contribution in [1.29, 1.82) is 10.7 Å². The molecular formula is C19H17FN4OS. The minimum Gasteiger partial charge on any atom is -0.345 e. The van der Waals surface area contributed by atoms with Gasteiger partial charge in [-0.15, -0.1) is 11.3 Å². The Balaban J connectivity index is 1.73. The molecule has 2 heterocycles. The Bertz CT molecular complexity index is 939. The van der Waals surface area contributed by atoms with Gasteiger partial charge in [-0.2, -0.15) is 5.26 Å². The number of guanidine groups is 1. The second-order valence-electron chi connectivity index (χ2n) is 6.85. The van der Waals surface area contributed by atoms with Gasteiger partial charge in [-0.1, -0.05) is 6.07 Å². The van der Waals surface area contributed by atoms with Gasteiger partial charge in [-0.05, 0) is 53.5 Å². The number of benzene rings is 1. The first-order valence-corrected chi connectivity index (χ1v) is 9.25. The van der Waals surface area contributed by atoms with Crippen molar-refractivity contribution in [2.45, 2.75) is 24.8 Å². The summed E-state index contributed by atoms with van der Waals surface area (Å²) in [5, 5.41) is 22.4. The summed E-state index contributed by atoms with van der Waals surface area (Å²) in [5.41, 5.74) is 1.13. The number of carbonyl (C=O) groups is 1. The molecule has 1 atom stereocenters. The largest absolute Gasteiger partial charge is 0.345 e. The Morgan fingerprint density at radius 1 is 1.38 bits per heavy atom. The molecule has 1 aliphatic heterocycles. The Morgan fingerprint density at radius 3 is 2.81 bits per heavy atom. The fourth-order valence-corrected chi connectivity index (χ4v) is 4.66. The maximum absolute atomic E-state index is 13.6. The van der Waals surface area contributed by atoms with E-state index in [0.29, 0.717) is 12.3 Å². The number of halogens is 1. The van der Waals surface area contributed by atoms with Crippen LogP contribution in [0.2, 0.25) is 0 Å². The topological polar surface area (TPSA) is 80.0 Å². The van der Waals surface area contributed by atoms with E-state index >= 15 is 0 Å². The summed E-state index contributed by atoms with van der Waals surface area (Å²) in [6.07, 6.45) is 2.38. The molecule has 1 saturated heterocycles. The molecule has 0 radical (unpaired) electrons. The van der Waals surface area contributed by atoms with Crippen LogP contribution in [0.4, 0.5) is 4.39 Å².